The highest BCUT2D eigenvalue weighted by atomic mass is 16.2. The Morgan fingerprint density at radius 1 is 0.981 bits per heavy atom. The Labute approximate surface area is 314 Å². The first-order chi connectivity index (χ1) is 26.3. The lowest BCUT2D eigenvalue weighted by Gasteiger charge is -2.42. The average Bonchev–Trinajstić information content (AvgIpc) is 3.68. The summed E-state index contributed by atoms with van der Waals surface area (Å²) in [6.45, 7) is 8.53. The molecule has 7 rings (SSSR count). The van der Waals surface area contributed by atoms with E-state index in [1.165, 1.54) is 18.8 Å². The summed E-state index contributed by atoms with van der Waals surface area (Å²) in [7, 11) is 0. The fourth-order valence-electron chi connectivity index (χ4n) is 7.59. The topological polar surface area (TPSA) is 197 Å². The molecule has 2 aliphatic heterocycles. The van der Waals surface area contributed by atoms with Crippen LogP contribution in [0.15, 0.2) is 55.1 Å². The molecule has 54 heavy (non-hydrogen) atoms. The van der Waals surface area contributed by atoms with Crippen LogP contribution in [0.4, 0.5) is 33.6 Å². The van der Waals surface area contributed by atoms with Crippen molar-refractivity contribution in [3.8, 4) is 17.8 Å². The molecule has 3 amide bonds. The summed E-state index contributed by atoms with van der Waals surface area (Å²) in [4.78, 5) is 43.2. The quantitative estimate of drug-likeness (QED) is 0.192. The Bertz CT molecular complexity index is 2030. The van der Waals surface area contributed by atoms with Gasteiger partial charge in [0.25, 0.3) is 0 Å². The Kier molecular flexibility index (Phi) is 10.9. The summed E-state index contributed by atoms with van der Waals surface area (Å²) < 4.78 is 1.72. The number of nitrogens with one attached hydrogen (secondary N) is 3. The van der Waals surface area contributed by atoms with Crippen LogP contribution in [0.25, 0.3) is 5.69 Å². The molecular weight excluding hydrogens is 685 g/mol. The molecule has 16 nitrogen and oxygen atoms in total. The molecule has 0 radical (unpaired) electrons. The number of carbonyl (C=O) groups is 2. The number of urea groups is 1. The van der Waals surface area contributed by atoms with Crippen LogP contribution in [0.5, 0.6) is 0 Å². The molecule has 5 heterocycles. The zero-order valence-electron chi connectivity index (χ0n) is 30.5. The normalized spacial score (nSPS) is 21.1. The van der Waals surface area contributed by atoms with Crippen molar-refractivity contribution in [2.45, 2.75) is 70.4 Å². The number of hydrogen-bond donors (Lipinski definition) is 3. The number of amides is 3. The maximum Gasteiger partial charge on any atom is 0.328 e. The number of pyridine rings is 1. The second-order valence-electron chi connectivity index (χ2n) is 14.3. The lowest BCUT2D eigenvalue weighted by Crippen LogP contribution is -2.52. The van der Waals surface area contributed by atoms with Crippen LogP contribution in [0.3, 0.4) is 0 Å². The van der Waals surface area contributed by atoms with Crippen molar-refractivity contribution in [2.24, 2.45) is 5.92 Å². The molecule has 1 aromatic carbocycles. The van der Waals surface area contributed by atoms with Crippen molar-refractivity contribution in [3.63, 3.8) is 0 Å². The molecule has 0 spiro atoms. The van der Waals surface area contributed by atoms with E-state index in [1.807, 2.05) is 24.4 Å². The van der Waals surface area contributed by atoms with Crippen LogP contribution in [0.1, 0.15) is 69.5 Å². The first-order valence-electron chi connectivity index (χ1n) is 18.5. The van der Waals surface area contributed by atoms with Gasteiger partial charge in [0.1, 0.15) is 23.6 Å². The third-order valence-electron chi connectivity index (χ3n) is 10.6. The fourth-order valence-corrected chi connectivity index (χ4v) is 7.59. The van der Waals surface area contributed by atoms with Crippen molar-refractivity contribution in [2.75, 3.05) is 53.2 Å². The van der Waals surface area contributed by atoms with E-state index in [4.69, 9.17) is 5.26 Å². The lowest BCUT2D eigenvalue weighted by atomic mass is 9.79. The summed E-state index contributed by atoms with van der Waals surface area (Å²) in [5, 5.41) is 36.2. The van der Waals surface area contributed by atoms with Gasteiger partial charge in [-0.05, 0) is 82.7 Å². The van der Waals surface area contributed by atoms with Crippen LogP contribution in [-0.4, -0.2) is 91.6 Å². The van der Waals surface area contributed by atoms with Gasteiger partial charge < -0.3 is 15.5 Å². The van der Waals surface area contributed by atoms with Gasteiger partial charge in [-0.25, -0.2) is 24.4 Å². The van der Waals surface area contributed by atoms with E-state index in [1.54, 1.807) is 28.8 Å². The molecule has 1 saturated carbocycles. The van der Waals surface area contributed by atoms with Gasteiger partial charge in [0.2, 0.25) is 11.9 Å². The molecule has 2 atom stereocenters. The largest absolute Gasteiger partial charge is 0.368 e. The SMILES string of the molecule is C[C@H](C#N)Nc1cc(Nc2ncc(C#N)cn2)ncc1-n1cc(C2CCC(CCN3CCN(c4ccc(N5CCC(=O)NC5=O)cc4)[C@H](C)C3)CC2)nn1. The number of nitrogens with zero attached hydrogens (tertiary/aromatic N) is 11. The summed E-state index contributed by atoms with van der Waals surface area (Å²) in [5.74, 6) is 1.58. The van der Waals surface area contributed by atoms with Crippen molar-refractivity contribution >= 4 is 40.8 Å². The second kappa shape index (κ2) is 16.3. The summed E-state index contributed by atoms with van der Waals surface area (Å²) in [6, 6.07) is 13.6. The number of imide groups is 1. The van der Waals surface area contributed by atoms with Gasteiger partial charge in [0.05, 0.1) is 47.8 Å². The van der Waals surface area contributed by atoms with E-state index in [0.717, 1.165) is 68.9 Å². The molecule has 3 fully saturated rings. The number of hydrogen-bond acceptors (Lipinski definition) is 13. The standard InChI is InChI=1S/C38H44N14O2/c1-25(18-39)44-32-17-35(45-37-42-20-28(19-40)21-43-37)41-22-34(32)52-24-33(47-48-52)29-5-3-27(4-6-29)11-13-49-15-16-50(26(2)23-49)30-7-9-31(10-8-30)51-14-12-36(53)46-38(51)54/h7-10,17,20-22,24-27,29H,3-6,11-16,23H2,1-2H3,(H,46,53,54)(H2,41,42,43,44,45)/t25-,26-,27?,29?/m1/s1. The summed E-state index contributed by atoms with van der Waals surface area (Å²) in [6.07, 6.45) is 12.5. The third-order valence-corrected chi connectivity index (χ3v) is 10.6. The molecule has 0 bridgehead atoms. The fraction of sp³-hybridized carbons (Fsp3) is 0.447. The smallest absolute Gasteiger partial charge is 0.328 e. The van der Waals surface area contributed by atoms with Gasteiger partial charge >= 0.3 is 6.03 Å². The zero-order chi connectivity index (χ0) is 37.6. The molecule has 3 aromatic heterocycles. The number of anilines is 5. The van der Waals surface area contributed by atoms with Crippen LogP contribution in [-0.2, 0) is 4.79 Å². The maximum absolute atomic E-state index is 12.2. The molecule has 3 aliphatic rings. The van der Waals surface area contributed by atoms with Gasteiger partial charge in [-0.3, -0.25) is 19.9 Å². The Morgan fingerprint density at radius 2 is 1.74 bits per heavy atom. The molecule has 278 valence electrons. The second-order valence-corrected chi connectivity index (χ2v) is 14.3. The Balaban J connectivity index is 0.893. The van der Waals surface area contributed by atoms with E-state index in [9.17, 15) is 14.9 Å². The lowest BCUT2D eigenvalue weighted by molar-refractivity contribution is -0.120. The minimum atomic E-state index is -0.458. The number of piperazine rings is 1. The third kappa shape index (κ3) is 8.40. The highest BCUT2D eigenvalue weighted by Crippen LogP contribution is 2.37. The van der Waals surface area contributed by atoms with Crippen LogP contribution in [0.2, 0.25) is 0 Å². The number of nitriles is 2. The number of aromatic nitrogens is 6. The van der Waals surface area contributed by atoms with E-state index >= 15 is 0 Å². The molecule has 0 unspecified atom stereocenters. The number of carbonyl (C=O) groups excluding carboxylic acids is 2. The van der Waals surface area contributed by atoms with Crippen molar-refractivity contribution in [1.82, 2.24) is 40.2 Å². The molecule has 4 aromatic rings. The van der Waals surface area contributed by atoms with Gasteiger partial charge in [0, 0.05) is 62.0 Å². The minimum absolute atomic E-state index is 0.226. The minimum Gasteiger partial charge on any atom is -0.368 e. The maximum atomic E-state index is 12.2. The summed E-state index contributed by atoms with van der Waals surface area (Å²) in [5.41, 5.74) is 4.61. The molecular formula is C38H44N14O2. The zero-order valence-corrected chi connectivity index (χ0v) is 30.5. The molecule has 2 saturated heterocycles. The highest BCUT2D eigenvalue weighted by molar-refractivity contribution is 6.05. The number of rotatable bonds is 11. The molecule has 1 aliphatic carbocycles. The van der Waals surface area contributed by atoms with Gasteiger partial charge in [-0.15, -0.1) is 5.10 Å². The molecule has 3 N–H and O–H groups in total. The Morgan fingerprint density at radius 3 is 2.44 bits per heavy atom. The van der Waals surface area contributed by atoms with E-state index in [2.05, 4.69) is 76.1 Å². The van der Waals surface area contributed by atoms with Crippen LogP contribution < -0.4 is 25.8 Å². The first-order valence-corrected chi connectivity index (χ1v) is 18.5. The number of benzene rings is 1. The van der Waals surface area contributed by atoms with E-state index < -0.39 is 6.04 Å². The van der Waals surface area contributed by atoms with Gasteiger partial charge in [-0.1, -0.05) is 5.21 Å². The van der Waals surface area contributed by atoms with Crippen molar-refractivity contribution in [1.29, 1.82) is 10.5 Å². The average molecular weight is 729 g/mol. The highest BCUT2D eigenvalue weighted by Gasteiger charge is 2.29. The summed E-state index contributed by atoms with van der Waals surface area (Å²) >= 11 is 0. The van der Waals surface area contributed by atoms with Crippen LogP contribution >= 0.6 is 0 Å². The van der Waals surface area contributed by atoms with E-state index in [0.29, 0.717) is 59.5 Å². The van der Waals surface area contributed by atoms with Crippen LogP contribution in [0, 0.1) is 28.6 Å². The predicted molar refractivity (Wildman–Crippen MR) is 202 cm³/mol. The first kappa shape index (κ1) is 36.2. The van der Waals surface area contributed by atoms with E-state index in [-0.39, 0.29) is 11.9 Å². The predicted octanol–water partition coefficient (Wildman–Crippen LogP) is 4.71. The van der Waals surface area contributed by atoms with Crippen molar-refractivity contribution in [3.05, 3.63) is 66.4 Å². The van der Waals surface area contributed by atoms with Gasteiger partial charge in [0.15, 0.2) is 0 Å². The van der Waals surface area contributed by atoms with Crippen molar-refractivity contribution < 1.29 is 9.59 Å². The Hall–Kier alpha value is -6.13. The molecule has 16 heteroatoms. The monoisotopic (exact) mass is 728 g/mol. The van der Waals surface area contributed by atoms with Gasteiger partial charge in [-0.2, -0.15) is 10.5 Å².